The molecular weight excluding hydrogens is 226 g/mol. The average molecular weight is 245 g/mol. The molecule has 0 aromatic heterocycles. The van der Waals surface area contributed by atoms with E-state index in [2.05, 4.69) is 13.8 Å². The zero-order valence-electron chi connectivity index (χ0n) is 11.1. The van der Waals surface area contributed by atoms with Gasteiger partial charge in [-0.3, -0.25) is 4.79 Å². The fourth-order valence-electron chi connectivity index (χ4n) is 1.81. The summed E-state index contributed by atoms with van der Waals surface area (Å²) in [5.41, 5.74) is 1.91. The second-order valence-electron chi connectivity index (χ2n) is 4.65. The number of hydrogen-bond acceptors (Lipinski definition) is 3. The number of hydrogen-bond donors (Lipinski definition) is 0. The summed E-state index contributed by atoms with van der Waals surface area (Å²) in [6.07, 6.45) is 0.997. The summed E-state index contributed by atoms with van der Waals surface area (Å²) in [6, 6.07) is 9.60. The summed E-state index contributed by atoms with van der Waals surface area (Å²) in [7, 11) is 0. The van der Waals surface area contributed by atoms with Gasteiger partial charge in [-0.1, -0.05) is 38.1 Å². The number of ether oxygens (including phenoxy) is 1. The van der Waals surface area contributed by atoms with E-state index in [-0.39, 0.29) is 0 Å². The van der Waals surface area contributed by atoms with Gasteiger partial charge in [-0.2, -0.15) is 5.26 Å². The molecule has 0 fully saturated rings. The molecule has 0 saturated heterocycles. The largest absolute Gasteiger partial charge is 0.465 e. The molecule has 1 rings (SSSR count). The molecule has 3 nitrogen and oxygen atoms in total. The van der Waals surface area contributed by atoms with E-state index in [9.17, 15) is 4.79 Å². The Morgan fingerprint density at radius 1 is 1.33 bits per heavy atom. The standard InChI is InChI=1S/C15H19NO2/c1-4-18-15(17)14(10-16)13-7-5-12(6-8-13)9-11(2)3/h5-8,11,14H,4,9H2,1-3H3/t14-/m1/s1. The number of esters is 1. The third kappa shape index (κ3) is 3.89. The zero-order valence-corrected chi connectivity index (χ0v) is 11.1. The molecule has 0 radical (unpaired) electrons. The highest BCUT2D eigenvalue weighted by Gasteiger charge is 2.21. The molecule has 0 aliphatic carbocycles. The van der Waals surface area contributed by atoms with Crippen LogP contribution in [-0.2, 0) is 16.0 Å². The molecule has 0 spiro atoms. The molecule has 1 aromatic carbocycles. The van der Waals surface area contributed by atoms with Gasteiger partial charge >= 0.3 is 5.97 Å². The van der Waals surface area contributed by atoms with Crippen LogP contribution in [0.3, 0.4) is 0 Å². The van der Waals surface area contributed by atoms with Crippen LogP contribution in [0.25, 0.3) is 0 Å². The monoisotopic (exact) mass is 245 g/mol. The Hall–Kier alpha value is -1.82. The third-order valence-corrected chi connectivity index (χ3v) is 2.61. The van der Waals surface area contributed by atoms with Gasteiger partial charge in [0.25, 0.3) is 0 Å². The van der Waals surface area contributed by atoms with Gasteiger partial charge in [0.1, 0.15) is 0 Å². The Morgan fingerprint density at radius 2 is 1.94 bits per heavy atom. The summed E-state index contributed by atoms with van der Waals surface area (Å²) in [4.78, 5) is 11.6. The van der Waals surface area contributed by atoms with E-state index in [1.54, 1.807) is 6.92 Å². The van der Waals surface area contributed by atoms with Crippen molar-refractivity contribution in [3.05, 3.63) is 35.4 Å². The van der Waals surface area contributed by atoms with E-state index in [4.69, 9.17) is 10.00 Å². The van der Waals surface area contributed by atoms with Crippen LogP contribution >= 0.6 is 0 Å². The Balaban J connectivity index is 2.82. The lowest BCUT2D eigenvalue weighted by atomic mass is 9.96. The van der Waals surface area contributed by atoms with Gasteiger partial charge in [0.2, 0.25) is 0 Å². The van der Waals surface area contributed by atoms with E-state index in [0.29, 0.717) is 18.1 Å². The van der Waals surface area contributed by atoms with Crippen molar-refractivity contribution in [1.82, 2.24) is 0 Å². The van der Waals surface area contributed by atoms with E-state index < -0.39 is 11.9 Å². The highest BCUT2D eigenvalue weighted by atomic mass is 16.5. The molecule has 0 aliphatic heterocycles. The summed E-state index contributed by atoms with van der Waals surface area (Å²) >= 11 is 0. The van der Waals surface area contributed by atoms with Gasteiger partial charge in [-0.15, -0.1) is 0 Å². The molecule has 0 amide bonds. The van der Waals surface area contributed by atoms with Gasteiger partial charge in [0.05, 0.1) is 12.7 Å². The predicted molar refractivity (Wildman–Crippen MR) is 70.0 cm³/mol. The number of carbonyl (C=O) groups excluding carboxylic acids is 1. The molecule has 96 valence electrons. The summed E-state index contributed by atoms with van der Waals surface area (Å²) in [5.74, 6) is -0.706. The highest BCUT2D eigenvalue weighted by Crippen LogP contribution is 2.18. The molecule has 1 atom stereocenters. The summed E-state index contributed by atoms with van der Waals surface area (Å²) in [5, 5.41) is 9.04. The fourth-order valence-corrected chi connectivity index (χ4v) is 1.81. The Kier molecular flexibility index (Phi) is 5.38. The van der Waals surface area contributed by atoms with Gasteiger partial charge in [0, 0.05) is 0 Å². The number of carbonyl (C=O) groups is 1. The third-order valence-electron chi connectivity index (χ3n) is 2.61. The maximum atomic E-state index is 11.6. The molecule has 0 unspecified atom stereocenters. The fraction of sp³-hybridized carbons (Fsp3) is 0.467. The van der Waals surface area contributed by atoms with Crippen LogP contribution in [0.4, 0.5) is 0 Å². The number of rotatable bonds is 5. The van der Waals surface area contributed by atoms with Crippen LogP contribution in [-0.4, -0.2) is 12.6 Å². The summed E-state index contributed by atoms with van der Waals surface area (Å²) < 4.78 is 4.88. The second-order valence-corrected chi connectivity index (χ2v) is 4.65. The Labute approximate surface area is 108 Å². The van der Waals surface area contributed by atoms with Crippen molar-refractivity contribution in [3.63, 3.8) is 0 Å². The van der Waals surface area contributed by atoms with Crippen molar-refractivity contribution in [3.8, 4) is 6.07 Å². The predicted octanol–water partition coefficient (Wildman–Crippen LogP) is 3.06. The minimum absolute atomic E-state index is 0.294. The van der Waals surface area contributed by atoms with Crippen molar-refractivity contribution < 1.29 is 9.53 Å². The van der Waals surface area contributed by atoms with Gasteiger partial charge in [-0.05, 0) is 30.4 Å². The minimum Gasteiger partial charge on any atom is -0.465 e. The number of nitriles is 1. The molecule has 0 aliphatic rings. The maximum absolute atomic E-state index is 11.6. The molecule has 3 heteroatoms. The highest BCUT2D eigenvalue weighted by molar-refractivity contribution is 5.81. The van der Waals surface area contributed by atoms with Crippen LogP contribution in [0.2, 0.25) is 0 Å². The van der Waals surface area contributed by atoms with Crippen molar-refractivity contribution in [2.24, 2.45) is 5.92 Å². The lowest BCUT2D eigenvalue weighted by Gasteiger charge is -2.10. The Bertz CT molecular complexity index is 429. The zero-order chi connectivity index (χ0) is 13.5. The molecule has 1 aromatic rings. The first kappa shape index (κ1) is 14.2. The van der Waals surface area contributed by atoms with E-state index in [1.807, 2.05) is 30.3 Å². The lowest BCUT2D eigenvalue weighted by Crippen LogP contribution is -2.14. The summed E-state index contributed by atoms with van der Waals surface area (Å²) in [6.45, 7) is 6.34. The number of nitrogens with zero attached hydrogens (tertiary/aromatic N) is 1. The van der Waals surface area contributed by atoms with Gasteiger partial charge in [-0.25, -0.2) is 0 Å². The van der Waals surface area contributed by atoms with Gasteiger partial charge in [0.15, 0.2) is 5.92 Å². The molecule has 18 heavy (non-hydrogen) atoms. The van der Waals surface area contributed by atoms with Crippen LogP contribution in [0.5, 0.6) is 0 Å². The van der Waals surface area contributed by atoms with E-state index in [0.717, 1.165) is 6.42 Å². The quantitative estimate of drug-likeness (QED) is 0.749. The van der Waals surface area contributed by atoms with Crippen molar-refractivity contribution >= 4 is 5.97 Å². The SMILES string of the molecule is CCOC(=O)[C@H](C#N)c1ccc(CC(C)C)cc1. The molecular formula is C15H19NO2. The topological polar surface area (TPSA) is 50.1 Å². The van der Waals surface area contributed by atoms with Crippen molar-refractivity contribution in [1.29, 1.82) is 5.26 Å². The van der Waals surface area contributed by atoms with Crippen LogP contribution in [0.1, 0.15) is 37.8 Å². The second kappa shape index (κ2) is 6.80. The molecule has 0 heterocycles. The average Bonchev–Trinajstić information content (AvgIpc) is 2.32. The molecule has 0 N–H and O–H groups in total. The van der Waals surface area contributed by atoms with Crippen LogP contribution < -0.4 is 0 Å². The minimum atomic E-state index is -0.821. The van der Waals surface area contributed by atoms with Crippen LogP contribution in [0.15, 0.2) is 24.3 Å². The van der Waals surface area contributed by atoms with Crippen molar-refractivity contribution in [2.75, 3.05) is 6.61 Å². The Morgan fingerprint density at radius 3 is 2.39 bits per heavy atom. The lowest BCUT2D eigenvalue weighted by molar-refractivity contribution is -0.143. The first-order chi connectivity index (χ1) is 8.58. The van der Waals surface area contributed by atoms with Crippen molar-refractivity contribution in [2.45, 2.75) is 33.1 Å². The van der Waals surface area contributed by atoms with E-state index in [1.165, 1.54) is 5.56 Å². The normalized spacial score (nSPS) is 11.9. The molecule has 0 saturated carbocycles. The smallest absolute Gasteiger partial charge is 0.327 e. The van der Waals surface area contributed by atoms with Crippen LogP contribution in [0, 0.1) is 17.2 Å². The molecule has 0 bridgehead atoms. The van der Waals surface area contributed by atoms with E-state index >= 15 is 0 Å². The maximum Gasteiger partial charge on any atom is 0.327 e. The first-order valence-corrected chi connectivity index (χ1v) is 6.23. The van der Waals surface area contributed by atoms with Gasteiger partial charge < -0.3 is 4.74 Å². The number of benzene rings is 1. The first-order valence-electron chi connectivity index (χ1n) is 6.23.